The maximum Gasteiger partial charge on any atom is 0.155 e. The first-order valence-electron chi connectivity index (χ1n) is 11.1. The van der Waals surface area contributed by atoms with Crippen LogP contribution in [0.4, 0.5) is 5.82 Å². The molecule has 32 heavy (non-hydrogen) atoms. The molecule has 4 aromatic rings. The van der Waals surface area contributed by atoms with E-state index in [4.69, 9.17) is 10.7 Å². The van der Waals surface area contributed by atoms with Gasteiger partial charge in [0.25, 0.3) is 0 Å². The highest BCUT2D eigenvalue weighted by molar-refractivity contribution is 5.75. The van der Waals surface area contributed by atoms with Crippen molar-refractivity contribution in [2.24, 2.45) is 11.1 Å². The second kappa shape index (κ2) is 7.06. The number of hydrogen-bond donors (Lipinski definition) is 1. The number of fused-ring (bicyclic) bond motifs is 2. The van der Waals surface area contributed by atoms with Gasteiger partial charge in [-0.2, -0.15) is 15.3 Å². The van der Waals surface area contributed by atoms with E-state index in [-0.39, 0.29) is 11.5 Å². The van der Waals surface area contributed by atoms with Crippen molar-refractivity contribution in [1.29, 1.82) is 0 Å². The Morgan fingerprint density at radius 1 is 1.12 bits per heavy atom. The third kappa shape index (κ3) is 2.82. The summed E-state index contributed by atoms with van der Waals surface area (Å²) >= 11 is 0. The van der Waals surface area contributed by atoms with Crippen molar-refractivity contribution in [3.05, 3.63) is 65.5 Å². The molecule has 0 aromatic carbocycles. The van der Waals surface area contributed by atoms with Gasteiger partial charge in [0.15, 0.2) is 5.82 Å². The van der Waals surface area contributed by atoms with Crippen molar-refractivity contribution in [3.8, 4) is 11.3 Å². The quantitative estimate of drug-likeness (QED) is 0.526. The van der Waals surface area contributed by atoms with E-state index in [1.54, 1.807) is 6.20 Å². The number of nitrogens with two attached hydrogens (primary N) is 1. The number of anilines is 1. The zero-order valence-corrected chi connectivity index (χ0v) is 18.4. The highest BCUT2D eigenvalue weighted by Gasteiger charge is 2.46. The second-order valence-corrected chi connectivity index (χ2v) is 9.13. The Morgan fingerprint density at radius 3 is 2.75 bits per heavy atom. The van der Waals surface area contributed by atoms with Crippen LogP contribution in [0.1, 0.15) is 41.5 Å². The number of rotatable bonds is 2. The van der Waals surface area contributed by atoms with Crippen LogP contribution >= 0.6 is 0 Å². The molecule has 0 saturated carbocycles. The maximum absolute atomic E-state index is 6.74. The minimum Gasteiger partial charge on any atom is -0.355 e. The molecule has 1 aliphatic carbocycles. The first-order chi connectivity index (χ1) is 15.6. The van der Waals surface area contributed by atoms with Crippen molar-refractivity contribution in [2.45, 2.75) is 39.2 Å². The van der Waals surface area contributed by atoms with Crippen LogP contribution in [-0.2, 0) is 6.42 Å². The van der Waals surface area contributed by atoms with Gasteiger partial charge in [0.1, 0.15) is 5.52 Å². The normalized spacial score (nSPS) is 19.6. The summed E-state index contributed by atoms with van der Waals surface area (Å²) in [6.45, 7) is 5.82. The third-order valence-electron chi connectivity index (χ3n) is 7.25. The molecule has 6 rings (SSSR count). The fourth-order valence-electron chi connectivity index (χ4n) is 5.55. The summed E-state index contributed by atoms with van der Waals surface area (Å²) in [6, 6.07) is 8.26. The molecule has 1 atom stereocenters. The van der Waals surface area contributed by atoms with Gasteiger partial charge in [0.2, 0.25) is 0 Å². The maximum atomic E-state index is 6.74. The summed E-state index contributed by atoms with van der Waals surface area (Å²) in [6.07, 6.45) is 8.52. The molecule has 0 bridgehead atoms. The number of nitrogens with zero attached hydrogens (tertiary/aromatic N) is 7. The Kier molecular flexibility index (Phi) is 4.26. The molecule has 1 saturated heterocycles. The Balaban J connectivity index is 1.33. The van der Waals surface area contributed by atoms with Crippen LogP contribution < -0.4 is 10.6 Å². The Morgan fingerprint density at radius 2 is 1.97 bits per heavy atom. The zero-order chi connectivity index (χ0) is 21.9. The highest BCUT2D eigenvalue weighted by Crippen LogP contribution is 2.50. The molecule has 8 nitrogen and oxygen atoms in total. The zero-order valence-electron chi connectivity index (χ0n) is 18.4. The van der Waals surface area contributed by atoms with Crippen LogP contribution in [0.15, 0.2) is 42.9 Å². The largest absolute Gasteiger partial charge is 0.355 e. The van der Waals surface area contributed by atoms with Crippen LogP contribution in [-0.4, -0.2) is 42.9 Å². The summed E-state index contributed by atoms with van der Waals surface area (Å²) in [7, 11) is 0. The summed E-state index contributed by atoms with van der Waals surface area (Å²) < 4.78 is 1.99. The number of aromatic nitrogens is 6. The van der Waals surface area contributed by atoms with E-state index in [1.165, 1.54) is 11.3 Å². The number of aryl methyl sites for hydroxylation is 2. The lowest BCUT2D eigenvalue weighted by atomic mass is 9.73. The van der Waals surface area contributed by atoms with Crippen molar-refractivity contribution < 1.29 is 0 Å². The summed E-state index contributed by atoms with van der Waals surface area (Å²) in [5, 5.41) is 12.8. The smallest absolute Gasteiger partial charge is 0.155 e. The van der Waals surface area contributed by atoms with Crippen molar-refractivity contribution in [3.63, 3.8) is 0 Å². The Hall–Kier alpha value is -3.39. The predicted molar refractivity (Wildman–Crippen MR) is 122 cm³/mol. The molecule has 8 heteroatoms. The van der Waals surface area contributed by atoms with E-state index in [0.717, 1.165) is 66.3 Å². The molecule has 0 radical (unpaired) electrons. The van der Waals surface area contributed by atoms with Crippen LogP contribution in [0.5, 0.6) is 0 Å². The van der Waals surface area contributed by atoms with Crippen molar-refractivity contribution in [1.82, 2.24) is 29.8 Å². The van der Waals surface area contributed by atoms with E-state index < -0.39 is 0 Å². The summed E-state index contributed by atoms with van der Waals surface area (Å²) in [4.78, 5) is 12.0. The molecule has 1 fully saturated rings. The first-order valence-corrected chi connectivity index (χ1v) is 11.1. The number of hydrogen-bond acceptors (Lipinski definition) is 7. The fourth-order valence-corrected chi connectivity index (χ4v) is 5.55. The molecule has 0 unspecified atom stereocenters. The molecule has 2 aliphatic rings. The third-order valence-corrected chi connectivity index (χ3v) is 7.25. The van der Waals surface area contributed by atoms with Gasteiger partial charge in [-0.25, -0.2) is 9.50 Å². The lowest BCUT2D eigenvalue weighted by Crippen LogP contribution is -2.44. The standard InChI is InChI=1S/C24H26N8/c1-15-12-17(14-27-30-15)21-16(2)29-23(20-5-9-28-32(20)21)31-10-6-24(7-11-31)13-19-18(22(24)25)4-3-8-26-19/h3-5,8-9,12,14,22H,6-7,10-11,13,25H2,1-2H3/t22-/m1/s1. The van der Waals surface area contributed by atoms with Gasteiger partial charge in [-0.1, -0.05) is 6.07 Å². The van der Waals surface area contributed by atoms with E-state index >= 15 is 0 Å². The average molecular weight is 427 g/mol. The lowest BCUT2D eigenvalue weighted by Gasteiger charge is -2.42. The molecule has 162 valence electrons. The molecule has 1 aliphatic heterocycles. The van der Waals surface area contributed by atoms with Gasteiger partial charge in [0, 0.05) is 36.6 Å². The van der Waals surface area contributed by atoms with Crippen LogP contribution in [0.25, 0.3) is 16.8 Å². The van der Waals surface area contributed by atoms with E-state index in [9.17, 15) is 0 Å². The lowest BCUT2D eigenvalue weighted by molar-refractivity contribution is 0.187. The first kappa shape index (κ1) is 19.3. The topological polar surface area (TPSA) is 98.1 Å². The summed E-state index contributed by atoms with van der Waals surface area (Å²) in [5.74, 6) is 0.986. The van der Waals surface area contributed by atoms with Crippen LogP contribution in [0.2, 0.25) is 0 Å². The van der Waals surface area contributed by atoms with Gasteiger partial charge >= 0.3 is 0 Å². The van der Waals surface area contributed by atoms with Gasteiger partial charge in [-0.15, -0.1) is 0 Å². The monoisotopic (exact) mass is 426 g/mol. The van der Waals surface area contributed by atoms with Crippen LogP contribution in [0.3, 0.4) is 0 Å². The minimum atomic E-state index is 0.0582. The Bertz CT molecular complexity index is 1320. The summed E-state index contributed by atoms with van der Waals surface area (Å²) in [5.41, 5.74) is 14.0. The molecular formula is C24H26N8. The predicted octanol–water partition coefficient (Wildman–Crippen LogP) is 3.04. The van der Waals surface area contributed by atoms with E-state index in [1.807, 2.05) is 49.0 Å². The van der Waals surface area contributed by atoms with E-state index in [2.05, 4.69) is 31.2 Å². The second-order valence-electron chi connectivity index (χ2n) is 9.13. The molecule has 2 N–H and O–H groups in total. The number of piperidine rings is 1. The molecule has 5 heterocycles. The van der Waals surface area contributed by atoms with Crippen molar-refractivity contribution >= 4 is 11.3 Å². The highest BCUT2D eigenvalue weighted by atomic mass is 15.3. The molecular weight excluding hydrogens is 400 g/mol. The fraction of sp³-hybridized carbons (Fsp3) is 0.375. The number of pyridine rings is 1. The minimum absolute atomic E-state index is 0.0582. The van der Waals surface area contributed by atoms with Crippen molar-refractivity contribution in [2.75, 3.05) is 18.0 Å². The van der Waals surface area contributed by atoms with Gasteiger partial charge in [-0.3, -0.25) is 4.98 Å². The van der Waals surface area contributed by atoms with Gasteiger partial charge in [-0.05, 0) is 62.3 Å². The molecule has 4 aromatic heterocycles. The molecule has 1 spiro atoms. The van der Waals surface area contributed by atoms with Gasteiger partial charge in [0.05, 0.1) is 29.5 Å². The van der Waals surface area contributed by atoms with Gasteiger partial charge < -0.3 is 10.6 Å². The molecule has 0 amide bonds. The Labute approximate surface area is 186 Å². The van der Waals surface area contributed by atoms with E-state index in [0.29, 0.717) is 0 Å². The SMILES string of the molecule is Cc1cc(-c2c(C)nc(N3CCC4(CC3)Cc3ncccc3[C@H]4N)c3ccnn23)cnn1. The average Bonchev–Trinajstić information content (AvgIpc) is 3.38. The van der Waals surface area contributed by atoms with Crippen LogP contribution in [0, 0.1) is 19.3 Å².